The molecular weight excluding hydrogens is 605 g/mol. The molecule has 0 aliphatic heterocycles. The molecule has 0 saturated heterocycles. The van der Waals surface area contributed by atoms with Crippen LogP contribution in [0.25, 0.3) is 0 Å². The highest BCUT2D eigenvalue weighted by molar-refractivity contribution is 8.01. The predicted octanol–water partition coefficient (Wildman–Crippen LogP) is 8.69. The fourth-order valence-corrected chi connectivity index (χ4v) is 18.2. The number of rotatable bonds is 8. The third kappa shape index (κ3) is 5.92. The van der Waals surface area contributed by atoms with E-state index in [0.717, 1.165) is 31.8 Å². The summed E-state index contributed by atoms with van der Waals surface area (Å²) < 4.78 is 25.8. The molecule has 0 radical (unpaired) electrons. The summed E-state index contributed by atoms with van der Waals surface area (Å²) in [5.41, 5.74) is 0. The van der Waals surface area contributed by atoms with Crippen molar-refractivity contribution in [2.24, 2.45) is 9.03 Å². The third-order valence-electron chi connectivity index (χ3n) is 7.27. The lowest BCUT2D eigenvalue weighted by Gasteiger charge is -2.30. The molecule has 6 rings (SSSR count). The third-order valence-corrected chi connectivity index (χ3v) is 18.7. The SMILES string of the molecule is O=P(Cl)(N=P(c1ccccc1)(c1ccccc1)c1ccccc1)N=P(c1ccccc1)(c1ccccc1)c1ccccc1. The van der Waals surface area contributed by atoms with E-state index in [2.05, 4.69) is 72.8 Å². The van der Waals surface area contributed by atoms with Crippen molar-refractivity contribution in [1.29, 1.82) is 0 Å². The summed E-state index contributed by atoms with van der Waals surface area (Å²) in [6.45, 7) is -4.11. The van der Waals surface area contributed by atoms with Crippen LogP contribution < -0.4 is 31.8 Å². The maximum Gasteiger partial charge on any atom is 0.388 e. The zero-order valence-corrected chi connectivity index (χ0v) is 26.8. The second kappa shape index (κ2) is 12.9. The first-order valence-corrected chi connectivity index (χ1v) is 20.0. The topological polar surface area (TPSA) is 41.8 Å². The van der Waals surface area contributed by atoms with Crippen molar-refractivity contribution in [3.05, 3.63) is 182 Å². The molecule has 0 spiro atoms. The van der Waals surface area contributed by atoms with Crippen LogP contribution in [-0.4, -0.2) is 0 Å². The van der Waals surface area contributed by atoms with Crippen LogP contribution in [0.2, 0.25) is 0 Å². The van der Waals surface area contributed by atoms with Crippen molar-refractivity contribution >= 4 is 64.0 Å². The molecule has 43 heavy (non-hydrogen) atoms. The predicted molar refractivity (Wildman–Crippen MR) is 189 cm³/mol. The van der Waals surface area contributed by atoms with Gasteiger partial charge in [0.15, 0.2) is 0 Å². The summed E-state index contributed by atoms with van der Waals surface area (Å²) in [5.74, 6) is 0. The van der Waals surface area contributed by atoms with Gasteiger partial charge in [-0.25, -0.2) is 0 Å². The largest absolute Gasteiger partial charge is 0.388 e. The van der Waals surface area contributed by atoms with Crippen molar-refractivity contribution in [3.8, 4) is 0 Å². The van der Waals surface area contributed by atoms with Gasteiger partial charge in [-0.05, 0) is 11.2 Å². The fourth-order valence-electron chi connectivity index (χ4n) is 5.42. The molecule has 0 atom stereocenters. The van der Waals surface area contributed by atoms with Gasteiger partial charge >= 0.3 is 6.80 Å². The lowest BCUT2D eigenvalue weighted by molar-refractivity contribution is 0.587. The standard InChI is InChI=1S/C36H30ClN2OP3/c37-43(40,38-41(31-19-7-1-8-20-31,32-21-9-2-10-22-32)33-23-11-3-12-24-33)39-42(34-25-13-4-14-26-34,35-27-15-5-16-28-35)36-29-17-6-18-30-36/h1-30H. The maximum absolute atomic E-state index is 15.2. The Balaban J connectivity index is 1.78. The maximum atomic E-state index is 15.2. The van der Waals surface area contributed by atoms with Crippen molar-refractivity contribution in [2.75, 3.05) is 0 Å². The first-order valence-electron chi connectivity index (χ1n) is 14.0. The lowest BCUT2D eigenvalue weighted by Crippen LogP contribution is -2.26. The smallest absolute Gasteiger partial charge is 0.254 e. The Kier molecular flexibility index (Phi) is 8.80. The van der Waals surface area contributed by atoms with Crippen LogP contribution in [0.15, 0.2) is 191 Å². The molecule has 0 aromatic heterocycles. The number of nitrogens with zero attached hydrogens (tertiary/aromatic N) is 2. The van der Waals surface area contributed by atoms with E-state index in [-0.39, 0.29) is 0 Å². The lowest BCUT2D eigenvalue weighted by atomic mass is 10.4. The van der Waals surface area contributed by atoms with Gasteiger partial charge in [-0.15, -0.1) is 0 Å². The van der Waals surface area contributed by atoms with E-state index in [4.69, 9.17) is 20.3 Å². The molecule has 0 saturated carbocycles. The molecule has 0 aliphatic carbocycles. The summed E-state index contributed by atoms with van der Waals surface area (Å²) in [6, 6.07) is 60.5. The Bertz CT molecular complexity index is 1610. The Morgan fingerprint density at radius 1 is 0.326 bits per heavy atom. The zero-order valence-electron chi connectivity index (χ0n) is 23.3. The highest BCUT2D eigenvalue weighted by Crippen LogP contribution is 2.69. The summed E-state index contributed by atoms with van der Waals surface area (Å²) in [4.78, 5) is 0. The van der Waals surface area contributed by atoms with Crippen LogP contribution in [0.3, 0.4) is 0 Å². The molecule has 6 aromatic rings. The second-order valence-electron chi connectivity index (χ2n) is 9.94. The Labute approximate surface area is 258 Å². The molecule has 0 bridgehead atoms. The number of hydrogen-bond acceptors (Lipinski definition) is 1. The van der Waals surface area contributed by atoms with Crippen LogP contribution in [0.5, 0.6) is 0 Å². The molecule has 0 unspecified atom stereocenters. The van der Waals surface area contributed by atoms with Crippen LogP contribution in [0.4, 0.5) is 0 Å². The molecule has 212 valence electrons. The normalized spacial score (nSPS) is 11.9. The van der Waals surface area contributed by atoms with Crippen LogP contribution in [0, 0.1) is 0 Å². The van der Waals surface area contributed by atoms with Gasteiger partial charge in [0.25, 0.3) is 0 Å². The van der Waals surface area contributed by atoms with Crippen LogP contribution in [-0.2, 0) is 4.57 Å². The highest BCUT2D eigenvalue weighted by Gasteiger charge is 2.36. The number of benzene rings is 6. The zero-order chi connectivity index (χ0) is 29.6. The van der Waals surface area contributed by atoms with Crippen molar-refractivity contribution in [2.45, 2.75) is 0 Å². The minimum absolute atomic E-state index is 0.964. The summed E-state index contributed by atoms with van der Waals surface area (Å²) in [6.07, 6.45) is 0. The minimum Gasteiger partial charge on any atom is -0.254 e. The van der Waals surface area contributed by atoms with Crippen molar-refractivity contribution < 1.29 is 4.57 Å². The Morgan fingerprint density at radius 2 is 0.488 bits per heavy atom. The van der Waals surface area contributed by atoms with Gasteiger partial charge in [0.05, 0.1) is 14.1 Å². The Hall–Kier alpha value is -3.70. The number of halogens is 1. The fraction of sp³-hybridized carbons (Fsp3) is 0. The van der Waals surface area contributed by atoms with Gasteiger partial charge in [-0.1, -0.05) is 182 Å². The summed E-state index contributed by atoms with van der Waals surface area (Å²) in [7, 11) is -5.76. The summed E-state index contributed by atoms with van der Waals surface area (Å²) in [5, 5.41) is 5.79. The quantitative estimate of drug-likeness (QED) is 0.155. The van der Waals surface area contributed by atoms with E-state index in [0.29, 0.717) is 0 Å². The van der Waals surface area contributed by atoms with E-state index >= 15 is 4.57 Å². The molecule has 0 N–H and O–H groups in total. The number of hydrogen-bond donors (Lipinski definition) is 0. The molecule has 0 heterocycles. The average molecular weight is 635 g/mol. The first-order chi connectivity index (χ1) is 21.0. The van der Waals surface area contributed by atoms with Crippen LogP contribution in [0.1, 0.15) is 0 Å². The average Bonchev–Trinajstić information content (AvgIpc) is 3.08. The monoisotopic (exact) mass is 634 g/mol. The van der Waals surface area contributed by atoms with Gasteiger partial charge < -0.3 is 0 Å². The van der Waals surface area contributed by atoms with Crippen LogP contribution >= 0.6 is 32.1 Å². The molecule has 7 heteroatoms. The minimum atomic E-state index is -4.11. The molecule has 0 aliphatic rings. The molecule has 0 amide bonds. The molecule has 6 aromatic carbocycles. The molecule has 0 fully saturated rings. The van der Waals surface area contributed by atoms with E-state index in [1.165, 1.54) is 0 Å². The highest BCUT2D eigenvalue weighted by atomic mass is 35.7. The van der Waals surface area contributed by atoms with Gasteiger partial charge in [-0.3, -0.25) is 4.57 Å². The van der Waals surface area contributed by atoms with Crippen molar-refractivity contribution in [3.63, 3.8) is 0 Å². The van der Waals surface area contributed by atoms with Gasteiger partial charge in [0, 0.05) is 31.8 Å². The molecular formula is C36H30ClN2OP3. The Morgan fingerprint density at radius 3 is 0.651 bits per heavy atom. The molecule has 3 nitrogen and oxygen atoms in total. The van der Waals surface area contributed by atoms with Gasteiger partial charge in [0.2, 0.25) is 0 Å². The van der Waals surface area contributed by atoms with E-state index in [9.17, 15) is 0 Å². The van der Waals surface area contributed by atoms with E-state index in [1.54, 1.807) is 0 Å². The van der Waals surface area contributed by atoms with E-state index in [1.807, 2.05) is 109 Å². The van der Waals surface area contributed by atoms with Gasteiger partial charge in [0.1, 0.15) is 0 Å². The van der Waals surface area contributed by atoms with Crippen molar-refractivity contribution in [1.82, 2.24) is 0 Å². The second-order valence-corrected chi connectivity index (χ2v) is 19.3. The summed E-state index contributed by atoms with van der Waals surface area (Å²) >= 11 is 7.28. The first kappa shape index (κ1) is 29.4. The van der Waals surface area contributed by atoms with E-state index < -0.39 is 20.9 Å². The van der Waals surface area contributed by atoms with Gasteiger partial charge in [-0.2, -0.15) is 9.03 Å².